The van der Waals surface area contributed by atoms with E-state index in [0.29, 0.717) is 33.6 Å². The number of aliphatic hydroxyl groups excluding tert-OH is 1. The van der Waals surface area contributed by atoms with E-state index in [0.717, 1.165) is 0 Å². The second-order valence-electron chi connectivity index (χ2n) is 5.01. The van der Waals surface area contributed by atoms with Gasteiger partial charge in [-0.05, 0) is 23.8 Å². The first kappa shape index (κ1) is 15.1. The largest absolute Gasteiger partial charge is 0.493 e. The van der Waals surface area contributed by atoms with Gasteiger partial charge in [0.1, 0.15) is 11.9 Å². The fourth-order valence-corrected chi connectivity index (χ4v) is 2.50. The Kier molecular flexibility index (Phi) is 4.04. The van der Waals surface area contributed by atoms with Gasteiger partial charge < -0.3 is 19.0 Å². The number of rotatable bonds is 4. The Hall–Kier alpha value is -2.79. The Morgan fingerprint density at radius 2 is 1.87 bits per heavy atom. The topological polar surface area (TPSA) is 68.9 Å². The molecule has 23 heavy (non-hydrogen) atoms. The summed E-state index contributed by atoms with van der Waals surface area (Å²) in [6.45, 7) is 0. The summed E-state index contributed by atoms with van der Waals surface area (Å²) < 4.78 is 15.8. The van der Waals surface area contributed by atoms with Crippen LogP contribution >= 0.6 is 0 Å². The molecule has 5 nitrogen and oxygen atoms in total. The van der Waals surface area contributed by atoms with Crippen molar-refractivity contribution in [2.45, 2.75) is 6.10 Å². The van der Waals surface area contributed by atoms with Crippen LogP contribution in [0, 0.1) is 0 Å². The van der Waals surface area contributed by atoms with Gasteiger partial charge in [0.2, 0.25) is 0 Å². The molecule has 1 heterocycles. The summed E-state index contributed by atoms with van der Waals surface area (Å²) in [7, 11) is 2.83. The molecule has 0 spiro atoms. The standard InChI is InChI=1S/C18H16O5/c1-21-14-9-8-12(18(20)22-2)13-10-15(23-17(13)14)16(19)11-6-4-3-5-7-11/h3-10,16,19H,1-2H3. The summed E-state index contributed by atoms with van der Waals surface area (Å²) in [5.74, 6) is 0.347. The minimum atomic E-state index is -0.932. The molecule has 0 saturated heterocycles. The summed E-state index contributed by atoms with van der Waals surface area (Å²) in [6, 6.07) is 14.0. The molecule has 3 aromatic rings. The van der Waals surface area contributed by atoms with Crippen molar-refractivity contribution in [1.82, 2.24) is 0 Å². The van der Waals surface area contributed by atoms with Crippen molar-refractivity contribution in [3.63, 3.8) is 0 Å². The van der Waals surface area contributed by atoms with Crippen LogP contribution in [-0.4, -0.2) is 25.3 Å². The van der Waals surface area contributed by atoms with Crippen molar-refractivity contribution >= 4 is 16.9 Å². The van der Waals surface area contributed by atoms with Crippen LogP contribution in [0.4, 0.5) is 0 Å². The lowest BCUT2D eigenvalue weighted by atomic mass is 10.1. The van der Waals surface area contributed by atoms with E-state index in [2.05, 4.69) is 0 Å². The molecule has 3 rings (SSSR count). The Balaban J connectivity index is 2.15. The second kappa shape index (κ2) is 6.14. The van der Waals surface area contributed by atoms with Gasteiger partial charge in [-0.2, -0.15) is 0 Å². The number of furan rings is 1. The van der Waals surface area contributed by atoms with Gasteiger partial charge in [0.05, 0.1) is 19.8 Å². The highest BCUT2D eigenvalue weighted by atomic mass is 16.5. The Bertz CT molecular complexity index is 835. The second-order valence-corrected chi connectivity index (χ2v) is 5.01. The number of hydrogen-bond acceptors (Lipinski definition) is 5. The molecule has 0 fully saturated rings. The number of benzene rings is 2. The number of carbonyl (C=O) groups is 1. The van der Waals surface area contributed by atoms with Gasteiger partial charge in [0, 0.05) is 5.39 Å². The first-order chi connectivity index (χ1) is 11.2. The van der Waals surface area contributed by atoms with Crippen LogP contribution in [0.2, 0.25) is 0 Å². The Morgan fingerprint density at radius 1 is 1.13 bits per heavy atom. The third-order valence-electron chi connectivity index (χ3n) is 3.68. The third-order valence-corrected chi connectivity index (χ3v) is 3.68. The summed E-state index contributed by atoms with van der Waals surface area (Å²) in [5, 5.41) is 11.0. The maximum Gasteiger partial charge on any atom is 0.338 e. The van der Waals surface area contributed by atoms with Crippen molar-refractivity contribution < 1.29 is 23.8 Å². The van der Waals surface area contributed by atoms with Crippen molar-refractivity contribution in [2.24, 2.45) is 0 Å². The van der Waals surface area contributed by atoms with Gasteiger partial charge in [-0.15, -0.1) is 0 Å². The van der Waals surface area contributed by atoms with E-state index in [9.17, 15) is 9.90 Å². The average molecular weight is 312 g/mol. The van der Waals surface area contributed by atoms with E-state index in [1.807, 2.05) is 18.2 Å². The lowest BCUT2D eigenvalue weighted by Crippen LogP contribution is -2.01. The third kappa shape index (κ3) is 2.66. The van der Waals surface area contributed by atoms with Crippen molar-refractivity contribution in [1.29, 1.82) is 0 Å². The first-order valence-electron chi connectivity index (χ1n) is 7.07. The fraction of sp³-hybridized carbons (Fsp3) is 0.167. The number of fused-ring (bicyclic) bond motifs is 1. The lowest BCUT2D eigenvalue weighted by molar-refractivity contribution is 0.0603. The molecule has 1 aromatic heterocycles. The summed E-state index contributed by atoms with van der Waals surface area (Å²) in [5.41, 5.74) is 1.46. The molecule has 0 bridgehead atoms. The van der Waals surface area contributed by atoms with Gasteiger partial charge in [0.15, 0.2) is 11.3 Å². The van der Waals surface area contributed by atoms with Crippen molar-refractivity contribution in [2.75, 3.05) is 14.2 Å². The highest BCUT2D eigenvalue weighted by Crippen LogP contribution is 2.35. The predicted molar refractivity (Wildman–Crippen MR) is 84.6 cm³/mol. The average Bonchev–Trinajstić information content (AvgIpc) is 3.05. The highest BCUT2D eigenvalue weighted by molar-refractivity contribution is 6.05. The van der Waals surface area contributed by atoms with Crippen LogP contribution in [0.1, 0.15) is 27.8 Å². The molecule has 118 valence electrons. The first-order valence-corrected chi connectivity index (χ1v) is 7.07. The normalized spacial score (nSPS) is 12.1. The number of esters is 1. The van der Waals surface area contributed by atoms with E-state index in [4.69, 9.17) is 13.9 Å². The predicted octanol–water partition coefficient (Wildman–Crippen LogP) is 3.31. The van der Waals surface area contributed by atoms with Gasteiger partial charge in [-0.3, -0.25) is 0 Å². The zero-order valence-electron chi connectivity index (χ0n) is 12.8. The summed E-state index contributed by atoms with van der Waals surface area (Å²) in [6.07, 6.45) is -0.932. The molecule has 2 aromatic carbocycles. The summed E-state index contributed by atoms with van der Waals surface area (Å²) in [4.78, 5) is 11.9. The maximum atomic E-state index is 11.9. The lowest BCUT2D eigenvalue weighted by Gasteiger charge is -2.07. The van der Waals surface area contributed by atoms with Crippen LogP contribution in [0.3, 0.4) is 0 Å². The quantitative estimate of drug-likeness (QED) is 0.749. The Morgan fingerprint density at radius 3 is 2.52 bits per heavy atom. The van der Waals surface area contributed by atoms with Crippen LogP contribution in [0.25, 0.3) is 11.0 Å². The van der Waals surface area contributed by atoms with E-state index in [-0.39, 0.29) is 0 Å². The number of aliphatic hydroxyl groups is 1. The number of hydrogen-bond donors (Lipinski definition) is 1. The maximum absolute atomic E-state index is 11.9. The van der Waals surface area contributed by atoms with E-state index in [1.54, 1.807) is 30.3 Å². The monoisotopic (exact) mass is 312 g/mol. The van der Waals surface area contributed by atoms with Crippen LogP contribution in [0.15, 0.2) is 52.9 Å². The highest BCUT2D eigenvalue weighted by Gasteiger charge is 2.21. The molecule has 1 atom stereocenters. The zero-order valence-corrected chi connectivity index (χ0v) is 12.8. The minimum Gasteiger partial charge on any atom is -0.493 e. The molecular formula is C18H16O5. The Labute approximate surface area is 133 Å². The minimum absolute atomic E-state index is 0.334. The number of carbonyl (C=O) groups excluding carboxylic acids is 1. The zero-order chi connectivity index (χ0) is 16.4. The SMILES string of the molecule is COC(=O)c1ccc(OC)c2oc(C(O)c3ccccc3)cc12. The molecule has 0 amide bonds. The molecule has 1 N–H and O–H groups in total. The smallest absolute Gasteiger partial charge is 0.338 e. The van der Waals surface area contributed by atoms with Crippen molar-refractivity contribution in [3.8, 4) is 5.75 Å². The van der Waals surface area contributed by atoms with E-state index >= 15 is 0 Å². The van der Waals surface area contributed by atoms with Gasteiger partial charge in [-0.25, -0.2) is 4.79 Å². The molecule has 0 saturated carbocycles. The molecule has 0 aliphatic heterocycles. The van der Waals surface area contributed by atoms with Gasteiger partial charge in [0.25, 0.3) is 0 Å². The molecule has 1 unspecified atom stereocenters. The van der Waals surface area contributed by atoms with Crippen LogP contribution in [0.5, 0.6) is 5.75 Å². The fourth-order valence-electron chi connectivity index (χ4n) is 2.50. The number of ether oxygens (including phenoxy) is 2. The van der Waals surface area contributed by atoms with Crippen LogP contribution < -0.4 is 4.74 Å². The van der Waals surface area contributed by atoms with E-state index in [1.165, 1.54) is 14.2 Å². The van der Waals surface area contributed by atoms with Gasteiger partial charge >= 0.3 is 5.97 Å². The van der Waals surface area contributed by atoms with Crippen molar-refractivity contribution in [3.05, 3.63) is 65.4 Å². The van der Waals surface area contributed by atoms with E-state index < -0.39 is 12.1 Å². The summed E-state index contributed by atoms with van der Waals surface area (Å²) >= 11 is 0. The molecule has 5 heteroatoms. The van der Waals surface area contributed by atoms with Gasteiger partial charge in [-0.1, -0.05) is 30.3 Å². The number of methoxy groups -OCH3 is 2. The molecular weight excluding hydrogens is 296 g/mol. The molecule has 0 radical (unpaired) electrons. The molecule has 0 aliphatic carbocycles. The van der Waals surface area contributed by atoms with Crippen LogP contribution in [-0.2, 0) is 4.74 Å². The molecule has 0 aliphatic rings.